The van der Waals surface area contributed by atoms with Crippen LogP contribution in [0.4, 0.5) is 17.8 Å². The average molecular weight is 295 g/mol. The smallest absolute Gasteiger partial charge is 0.243 e. The van der Waals surface area contributed by atoms with Crippen LogP contribution in [0.5, 0.6) is 0 Å². The van der Waals surface area contributed by atoms with Gasteiger partial charge in [-0.2, -0.15) is 15.0 Å². The van der Waals surface area contributed by atoms with E-state index in [9.17, 15) is 0 Å². The number of rotatable bonds is 5. The van der Waals surface area contributed by atoms with Crippen molar-refractivity contribution >= 4 is 17.8 Å². The number of ether oxygens (including phenoxy) is 1. The van der Waals surface area contributed by atoms with E-state index in [4.69, 9.17) is 10.6 Å². The highest BCUT2D eigenvalue weighted by atomic mass is 16.5. The number of nitrogens with two attached hydrogens (primary N) is 1. The Morgan fingerprint density at radius 3 is 2.52 bits per heavy atom. The summed E-state index contributed by atoms with van der Waals surface area (Å²) in [5, 5.41) is 0. The number of nitrogens with zero attached hydrogens (tertiary/aromatic N) is 5. The van der Waals surface area contributed by atoms with Gasteiger partial charge in [-0.25, -0.2) is 5.84 Å². The van der Waals surface area contributed by atoms with Crippen molar-refractivity contribution in [3.63, 3.8) is 0 Å². The van der Waals surface area contributed by atoms with Crippen LogP contribution in [0, 0.1) is 0 Å². The predicted octanol–water partition coefficient (Wildman–Crippen LogP) is 0.619. The SMILES string of the molecule is CCC(C)(C)N(C)c1nc(NN)nc(N2CCOCC2)n1. The number of aromatic nitrogens is 3. The van der Waals surface area contributed by atoms with E-state index in [0.29, 0.717) is 31.1 Å². The molecule has 3 N–H and O–H groups in total. The number of hydrogen-bond donors (Lipinski definition) is 2. The maximum Gasteiger partial charge on any atom is 0.243 e. The number of nitrogen functional groups attached to an aromatic ring is 1. The molecule has 0 aromatic carbocycles. The van der Waals surface area contributed by atoms with Gasteiger partial charge < -0.3 is 14.5 Å². The summed E-state index contributed by atoms with van der Waals surface area (Å²) in [5.41, 5.74) is 2.48. The van der Waals surface area contributed by atoms with Crippen molar-refractivity contribution in [1.82, 2.24) is 15.0 Å². The molecule has 1 aliphatic rings. The van der Waals surface area contributed by atoms with Crippen LogP contribution in [0.1, 0.15) is 27.2 Å². The van der Waals surface area contributed by atoms with Crippen LogP contribution in [0.3, 0.4) is 0 Å². The first-order valence-corrected chi connectivity index (χ1v) is 7.27. The minimum absolute atomic E-state index is 0.0461. The molecule has 2 heterocycles. The van der Waals surface area contributed by atoms with Gasteiger partial charge in [-0.15, -0.1) is 0 Å². The van der Waals surface area contributed by atoms with Crippen LogP contribution in [-0.4, -0.2) is 53.8 Å². The summed E-state index contributed by atoms with van der Waals surface area (Å²) in [5.74, 6) is 7.12. The Morgan fingerprint density at radius 1 is 1.29 bits per heavy atom. The van der Waals surface area contributed by atoms with Gasteiger partial charge in [-0.1, -0.05) is 6.92 Å². The third kappa shape index (κ3) is 3.51. The highest BCUT2D eigenvalue weighted by molar-refractivity contribution is 5.46. The van der Waals surface area contributed by atoms with Gasteiger partial charge in [0.1, 0.15) is 0 Å². The molecule has 118 valence electrons. The molecule has 1 aromatic rings. The molecular formula is C13H25N7O. The van der Waals surface area contributed by atoms with E-state index >= 15 is 0 Å². The normalized spacial score (nSPS) is 16.0. The van der Waals surface area contributed by atoms with E-state index in [2.05, 4.69) is 50.9 Å². The largest absolute Gasteiger partial charge is 0.378 e. The van der Waals surface area contributed by atoms with Gasteiger partial charge in [-0.3, -0.25) is 5.43 Å². The van der Waals surface area contributed by atoms with Gasteiger partial charge in [0.25, 0.3) is 0 Å². The first-order chi connectivity index (χ1) is 9.97. The number of hydrazine groups is 1. The second-order valence-electron chi connectivity index (χ2n) is 5.73. The molecule has 8 heteroatoms. The zero-order valence-corrected chi connectivity index (χ0v) is 13.3. The van der Waals surface area contributed by atoms with Gasteiger partial charge in [-0.05, 0) is 20.3 Å². The lowest BCUT2D eigenvalue weighted by atomic mass is 10.0. The molecule has 0 atom stereocenters. The topological polar surface area (TPSA) is 92.4 Å². The van der Waals surface area contributed by atoms with Crippen molar-refractivity contribution in [1.29, 1.82) is 0 Å². The molecule has 1 aromatic heterocycles. The van der Waals surface area contributed by atoms with Crippen molar-refractivity contribution in [2.75, 3.05) is 48.6 Å². The highest BCUT2D eigenvalue weighted by Gasteiger charge is 2.25. The van der Waals surface area contributed by atoms with Gasteiger partial charge in [0, 0.05) is 25.7 Å². The maximum atomic E-state index is 5.49. The number of hydrogen-bond acceptors (Lipinski definition) is 8. The molecule has 0 amide bonds. The Kier molecular flexibility index (Phi) is 4.79. The fourth-order valence-corrected chi connectivity index (χ4v) is 1.98. The van der Waals surface area contributed by atoms with E-state index < -0.39 is 0 Å². The van der Waals surface area contributed by atoms with E-state index in [1.165, 1.54) is 0 Å². The average Bonchev–Trinajstić information content (AvgIpc) is 2.54. The summed E-state index contributed by atoms with van der Waals surface area (Å²) in [6, 6.07) is 0. The Labute approximate surface area is 125 Å². The lowest BCUT2D eigenvalue weighted by molar-refractivity contribution is 0.122. The monoisotopic (exact) mass is 295 g/mol. The van der Waals surface area contributed by atoms with Crippen molar-refractivity contribution in [3.8, 4) is 0 Å². The number of morpholine rings is 1. The molecule has 0 saturated carbocycles. The molecule has 1 aliphatic heterocycles. The summed E-state index contributed by atoms with van der Waals surface area (Å²) < 4.78 is 5.36. The molecule has 21 heavy (non-hydrogen) atoms. The third-order valence-electron chi connectivity index (χ3n) is 4.11. The summed E-state index contributed by atoms with van der Waals surface area (Å²) in [6.45, 7) is 9.36. The first kappa shape index (κ1) is 15.7. The lowest BCUT2D eigenvalue weighted by Crippen LogP contribution is -2.42. The Hall–Kier alpha value is -1.67. The van der Waals surface area contributed by atoms with Crippen LogP contribution in [0.2, 0.25) is 0 Å². The van der Waals surface area contributed by atoms with Crippen molar-refractivity contribution in [2.24, 2.45) is 5.84 Å². The van der Waals surface area contributed by atoms with Gasteiger partial charge >= 0.3 is 0 Å². The highest BCUT2D eigenvalue weighted by Crippen LogP contribution is 2.24. The van der Waals surface area contributed by atoms with Crippen molar-refractivity contribution in [2.45, 2.75) is 32.7 Å². The van der Waals surface area contributed by atoms with Crippen LogP contribution < -0.4 is 21.1 Å². The second-order valence-corrected chi connectivity index (χ2v) is 5.73. The molecular weight excluding hydrogens is 270 g/mol. The van der Waals surface area contributed by atoms with Gasteiger partial charge in [0.15, 0.2) is 0 Å². The minimum atomic E-state index is -0.0461. The fourth-order valence-electron chi connectivity index (χ4n) is 1.98. The van der Waals surface area contributed by atoms with E-state index in [1.807, 2.05) is 7.05 Å². The minimum Gasteiger partial charge on any atom is -0.378 e. The summed E-state index contributed by atoms with van der Waals surface area (Å²) in [7, 11) is 1.99. The standard InChI is InChI=1S/C13H25N7O/c1-5-13(2,3)19(4)11-15-10(18-14)16-12(17-11)20-6-8-21-9-7-20/h5-9,14H2,1-4H3,(H,15,16,17,18). The number of anilines is 3. The predicted molar refractivity (Wildman–Crippen MR) is 83.4 cm³/mol. The molecule has 0 spiro atoms. The summed E-state index contributed by atoms with van der Waals surface area (Å²) in [6.07, 6.45) is 0.980. The van der Waals surface area contributed by atoms with Crippen LogP contribution >= 0.6 is 0 Å². The van der Waals surface area contributed by atoms with E-state index in [1.54, 1.807) is 0 Å². The summed E-state index contributed by atoms with van der Waals surface area (Å²) >= 11 is 0. The van der Waals surface area contributed by atoms with Crippen LogP contribution in [0.25, 0.3) is 0 Å². The fraction of sp³-hybridized carbons (Fsp3) is 0.769. The molecule has 2 rings (SSSR count). The molecule has 0 unspecified atom stereocenters. The molecule has 1 saturated heterocycles. The zero-order chi connectivity index (χ0) is 15.5. The second kappa shape index (κ2) is 6.40. The van der Waals surface area contributed by atoms with Crippen molar-refractivity contribution in [3.05, 3.63) is 0 Å². The third-order valence-corrected chi connectivity index (χ3v) is 4.11. The molecule has 0 bridgehead atoms. The number of nitrogens with one attached hydrogen (secondary N) is 1. The molecule has 0 radical (unpaired) electrons. The van der Waals surface area contributed by atoms with Crippen LogP contribution in [-0.2, 0) is 4.74 Å². The quantitative estimate of drug-likeness (QED) is 0.603. The van der Waals surface area contributed by atoms with Gasteiger partial charge in [0.05, 0.1) is 13.2 Å². The van der Waals surface area contributed by atoms with Gasteiger partial charge in [0.2, 0.25) is 17.8 Å². The lowest BCUT2D eigenvalue weighted by Gasteiger charge is -2.35. The maximum absolute atomic E-state index is 5.49. The Morgan fingerprint density at radius 2 is 1.95 bits per heavy atom. The Bertz CT molecular complexity index is 474. The zero-order valence-electron chi connectivity index (χ0n) is 13.3. The van der Waals surface area contributed by atoms with Crippen molar-refractivity contribution < 1.29 is 4.74 Å². The molecule has 8 nitrogen and oxygen atoms in total. The summed E-state index contributed by atoms with van der Waals surface area (Å²) in [4.78, 5) is 17.5. The van der Waals surface area contributed by atoms with E-state index in [0.717, 1.165) is 19.5 Å². The molecule has 1 fully saturated rings. The van der Waals surface area contributed by atoms with Crippen LogP contribution in [0.15, 0.2) is 0 Å². The first-order valence-electron chi connectivity index (χ1n) is 7.27. The molecule has 0 aliphatic carbocycles. The van der Waals surface area contributed by atoms with E-state index in [-0.39, 0.29) is 5.54 Å². The Balaban J connectivity index is 2.33.